The molecule has 0 spiro atoms. The van der Waals surface area contributed by atoms with E-state index in [2.05, 4.69) is 10.3 Å². The van der Waals surface area contributed by atoms with E-state index < -0.39 is 11.6 Å². The number of benzene rings is 1. The first-order valence-electron chi connectivity index (χ1n) is 5.69. The lowest BCUT2D eigenvalue weighted by Gasteiger charge is -2.33. The maximum absolute atomic E-state index is 13.6. The highest BCUT2D eigenvalue weighted by molar-refractivity contribution is 5.49. The van der Waals surface area contributed by atoms with Gasteiger partial charge in [-0.05, 0) is 19.2 Å². The highest BCUT2D eigenvalue weighted by Gasteiger charge is 2.17. The molecule has 0 aliphatic carbocycles. The van der Waals surface area contributed by atoms with Gasteiger partial charge in [0.15, 0.2) is 11.6 Å². The van der Waals surface area contributed by atoms with Crippen molar-refractivity contribution in [3.05, 3.63) is 29.3 Å². The number of nitriles is 1. The van der Waals surface area contributed by atoms with Crippen molar-refractivity contribution in [1.82, 2.24) is 9.91 Å². The van der Waals surface area contributed by atoms with Gasteiger partial charge in [0.1, 0.15) is 5.69 Å². The highest BCUT2D eigenvalue weighted by atomic mass is 19.1. The molecule has 18 heavy (non-hydrogen) atoms. The fourth-order valence-electron chi connectivity index (χ4n) is 1.82. The third kappa shape index (κ3) is 2.75. The molecule has 6 heteroatoms. The Bertz CT molecular complexity index is 452. The van der Waals surface area contributed by atoms with Crippen LogP contribution in [0.1, 0.15) is 5.56 Å². The van der Waals surface area contributed by atoms with Crippen molar-refractivity contribution in [2.75, 3.05) is 38.7 Å². The van der Waals surface area contributed by atoms with Crippen LogP contribution in [0, 0.1) is 23.0 Å². The van der Waals surface area contributed by atoms with E-state index in [1.807, 2.05) is 7.05 Å². The Morgan fingerprint density at radius 3 is 2.22 bits per heavy atom. The summed E-state index contributed by atoms with van der Waals surface area (Å²) in [5, 5.41) is 10.4. The van der Waals surface area contributed by atoms with Crippen LogP contribution in [0.25, 0.3) is 0 Å². The molecule has 0 bridgehead atoms. The molecule has 0 atom stereocenters. The Balaban J connectivity index is 2.12. The average molecular weight is 252 g/mol. The molecular formula is C12H14F2N4. The lowest BCUT2D eigenvalue weighted by molar-refractivity contribution is 0.178. The van der Waals surface area contributed by atoms with E-state index in [0.29, 0.717) is 13.1 Å². The van der Waals surface area contributed by atoms with Crippen LogP contribution < -0.4 is 5.43 Å². The van der Waals surface area contributed by atoms with Crippen LogP contribution in [0.5, 0.6) is 0 Å². The van der Waals surface area contributed by atoms with Gasteiger partial charge in [0.25, 0.3) is 0 Å². The summed E-state index contributed by atoms with van der Waals surface area (Å²) < 4.78 is 27.3. The molecule has 1 fully saturated rings. The third-order valence-corrected chi connectivity index (χ3v) is 2.94. The quantitative estimate of drug-likeness (QED) is 0.864. The van der Waals surface area contributed by atoms with E-state index in [1.165, 1.54) is 0 Å². The van der Waals surface area contributed by atoms with E-state index in [1.54, 1.807) is 11.1 Å². The second-order valence-corrected chi connectivity index (χ2v) is 4.33. The van der Waals surface area contributed by atoms with Gasteiger partial charge in [-0.25, -0.2) is 13.8 Å². The van der Waals surface area contributed by atoms with E-state index in [4.69, 9.17) is 5.26 Å². The first-order valence-corrected chi connectivity index (χ1v) is 5.69. The molecule has 1 aliphatic rings. The minimum atomic E-state index is -0.745. The van der Waals surface area contributed by atoms with Crippen molar-refractivity contribution in [3.63, 3.8) is 0 Å². The number of piperazine rings is 1. The number of hydrogen-bond donors (Lipinski definition) is 1. The number of anilines is 1. The minimum Gasteiger partial charge on any atom is -0.314 e. The summed E-state index contributed by atoms with van der Waals surface area (Å²) in [5.41, 5.74) is 2.52. The Morgan fingerprint density at radius 1 is 1.17 bits per heavy atom. The van der Waals surface area contributed by atoms with Gasteiger partial charge in [-0.1, -0.05) is 0 Å². The van der Waals surface area contributed by atoms with Crippen LogP contribution in [0.3, 0.4) is 0 Å². The second kappa shape index (κ2) is 5.29. The number of rotatable bonds is 2. The molecular weight excluding hydrogens is 238 g/mol. The Labute approximate surface area is 104 Å². The summed E-state index contributed by atoms with van der Waals surface area (Å²) in [7, 11) is 2.00. The van der Waals surface area contributed by atoms with Crippen molar-refractivity contribution in [1.29, 1.82) is 5.26 Å². The zero-order valence-electron chi connectivity index (χ0n) is 10.1. The zero-order chi connectivity index (χ0) is 13.1. The van der Waals surface area contributed by atoms with Crippen molar-refractivity contribution in [2.45, 2.75) is 0 Å². The van der Waals surface area contributed by atoms with Gasteiger partial charge in [-0.15, -0.1) is 0 Å². The third-order valence-electron chi connectivity index (χ3n) is 2.94. The van der Waals surface area contributed by atoms with Crippen LogP contribution in [-0.4, -0.2) is 43.1 Å². The second-order valence-electron chi connectivity index (χ2n) is 4.33. The van der Waals surface area contributed by atoms with Crippen LogP contribution in [0.2, 0.25) is 0 Å². The molecule has 1 heterocycles. The van der Waals surface area contributed by atoms with Gasteiger partial charge in [0, 0.05) is 26.2 Å². The summed E-state index contributed by atoms with van der Waals surface area (Å²) in [6.45, 7) is 3.06. The predicted molar refractivity (Wildman–Crippen MR) is 63.8 cm³/mol. The summed E-state index contributed by atoms with van der Waals surface area (Å²) in [5.74, 6) is -1.49. The molecule has 96 valence electrons. The molecule has 0 amide bonds. The largest absolute Gasteiger partial charge is 0.314 e. The normalized spacial score (nSPS) is 17.4. The number of nitrogens with one attached hydrogen (secondary N) is 1. The molecule has 1 aromatic rings. The lowest BCUT2D eigenvalue weighted by atomic mass is 10.2. The van der Waals surface area contributed by atoms with E-state index in [0.717, 1.165) is 25.2 Å². The molecule has 2 rings (SSSR count). The first-order chi connectivity index (χ1) is 8.60. The maximum Gasteiger partial charge on any atom is 0.151 e. The van der Waals surface area contributed by atoms with Gasteiger partial charge in [-0.2, -0.15) is 5.26 Å². The molecule has 1 aliphatic heterocycles. The first kappa shape index (κ1) is 12.7. The van der Waals surface area contributed by atoms with E-state index in [9.17, 15) is 8.78 Å². The zero-order valence-corrected chi connectivity index (χ0v) is 10.1. The van der Waals surface area contributed by atoms with Crippen molar-refractivity contribution < 1.29 is 8.78 Å². The van der Waals surface area contributed by atoms with Crippen LogP contribution in [0.15, 0.2) is 12.1 Å². The maximum atomic E-state index is 13.6. The SMILES string of the molecule is CN1CCN(Nc2c(F)cc(C#N)cc2F)CC1. The minimum absolute atomic E-state index is 0.0195. The molecule has 1 saturated heterocycles. The Morgan fingerprint density at radius 2 is 1.72 bits per heavy atom. The van der Waals surface area contributed by atoms with Gasteiger partial charge >= 0.3 is 0 Å². The van der Waals surface area contributed by atoms with Crippen molar-refractivity contribution >= 4 is 5.69 Å². The lowest BCUT2D eigenvalue weighted by Crippen LogP contribution is -2.47. The Kier molecular flexibility index (Phi) is 3.75. The van der Waals surface area contributed by atoms with Crippen LogP contribution >= 0.6 is 0 Å². The number of likely N-dealkylation sites (N-methyl/N-ethyl adjacent to an activating group) is 1. The van der Waals surface area contributed by atoms with E-state index in [-0.39, 0.29) is 11.3 Å². The molecule has 0 saturated carbocycles. The predicted octanol–water partition coefficient (Wildman–Crippen LogP) is 1.41. The van der Waals surface area contributed by atoms with Crippen LogP contribution in [-0.2, 0) is 0 Å². The number of hydrogen-bond acceptors (Lipinski definition) is 4. The summed E-state index contributed by atoms with van der Waals surface area (Å²) in [6.07, 6.45) is 0. The van der Waals surface area contributed by atoms with Gasteiger partial charge in [0.2, 0.25) is 0 Å². The van der Waals surface area contributed by atoms with Gasteiger partial charge in [0.05, 0.1) is 11.6 Å². The fraction of sp³-hybridized carbons (Fsp3) is 0.417. The number of nitrogens with zero attached hydrogens (tertiary/aromatic N) is 3. The van der Waals surface area contributed by atoms with Gasteiger partial charge in [-0.3, -0.25) is 0 Å². The molecule has 4 nitrogen and oxygen atoms in total. The topological polar surface area (TPSA) is 42.3 Å². The smallest absolute Gasteiger partial charge is 0.151 e. The molecule has 1 aromatic carbocycles. The average Bonchev–Trinajstić information content (AvgIpc) is 2.35. The summed E-state index contributed by atoms with van der Waals surface area (Å²) in [6, 6.07) is 3.78. The number of halogens is 2. The molecule has 1 N–H and O–H groups in total. The Hall–Kier alpha value is -1.71. The fourth-order valence-corrected chi connectivity index (χ4v) is 1.82. The monoisotopic (exact) mass is 252 g/mol. The summed E-state index contributed by atoms with van der Waals surface area (Å²) in [4.78, 5) is 2.14. The standard InChI is InChI=1S/C12H14F2N4/c1-17-2-4-18(5-3-17)16-12-10(13)6-9(8-15)7-11(12)14/h6-7,16H,2-5H2,1H3. The van der Waals surface area contributed by atoms with Crippen molar-refractivity contribution in [2.24, 2.45) is 0 Å². The number of hydrazine groups is 1. The molecule has 0 unspecified atom stereocenters. The molecule has 0 aromatic heterocycles. The summed E-state index contributed by atoms with van der Waals surface area (Å²) >= 11 is 0. The molecule has 0 radical (unpaired) electrons. The van der Waals surface area contributed by atoms with Gasteiger partial charge < -0.3 is 10.3 Å². The highest BCUT2D eigenvalue weighted by Crippen LogP contribution is 2.21. The van der Waals surface area contributed by atoms with E-state index >= 15 is 0 Å². The van der Waals surface area contributed by atoms with Crippen LogP contribution in [0.4, 0.5) is 14.5 Å². The van der Waals surface area contributed by atoms with Crippen molar-refractivity contribution in [3.8, 4) is 6.07 Å².